The molecule has 2 aliphatic carbocycles. The summed E-state index contributed by atoms with van der Waals surface area (Å²) in [7, 11) is 0. The van der Waals surface area contributed by atoms with Gasteiger partial charge in [0.25, 0.3) is 6.71 Å². The van der Waals surface area contributed by atoms with Crippen LogP contribution in [-0.2, 0) is 25.7 Å². The lowest BCUT2D eigenvalue weighted by Crippen LogP contribution is -2.61. The fourth-order valence-corrected chi connectivity index (χ4v) is 11.3. The van der Waals surface area contributed by atoms with E-state index < -0.39 is 0 Å². The van der Waals surface area contributed by atoms with Gasteiger partial charge in [0.2, 0.25) is 0 Å². The van der Waals surface area contributed by atoms with Gasteiger partial charge in [-0.2, -0.15) is 0 Å². The third-order valence-electron chi connectivity index (χ3n) is 14.2. The molecular weight excluding hydrogens is 759 g/mol. The summed E-state index contributed by atoms with van der Waals surface area (Å²) in [6.45, 7) is 0.0994. The maximum atomic E-state index is 2.62. The summed E-state index contributed by atoms with van der Waals surface area (Å²) in [6.07, 6.45) is 6.97. The molecule has 298 valence electrons. The zero-order valence-electron chi connectivity index (χ0n) is 35.3. The molecule has 0 bridgehead atoms. The second-order valence-corrected chi connectivity index (χ2v) is 17.9. The zero-order chi connectivity index (χ0) is 41.4. The van der Waals surface area contributed by atoms with Crippen molar-refractivity contribution in [2.24, 2.45) is 0 Å². The van der Waals surface area contributed by atoms with Crippen LogP contribution in [0.25, 0.3) is 44.5 Å². The molecule has 3 heteroatoms. The Kier molecular flexibility index (Phi) is 8.44. The lowest BCUT2D eigenvalue weighted by molar-refractivity contribution is 0.912. The number of fused-ring (bicyclic) bond motifs is 6. The van der Waals surface area contributed by atoms with E-state index in [4.69, 9.17) is 0 Å². The predicted octanol–water partition coefficient (Wildman–Crippen LogP) is 13.4. The molecule has 0 saturated carbocycles. The van der Waals surface area contributed by atoms with E-state index in [9.17, 15) is 0 Å². The van der Waals surface area contributed by atoms with Gasteiger partial charge in [-0.3, -0.25) is 0 Å². The van der Waals surface area contributed by atoms with E-state index >= 15 is 0 Å². The average molecular weight is 805 g/mol. The van der Waals surface area contributed by atoms with Crippen LogP contribution in [0, 0.1) is 0 Å². The Morgan fingerprint density at radius 2 is 0.619 bits per heavy atom. The maximum Gasteiger partial charge on any atom is 0.252 e. The van der Waals surface area contributed by atoms with E-state index in [1.807, 2.05) is 0 Å². The molecule has 0 unspecified atom stereocenters. The lowest BCUT2D eigenvalue weighted by Gasteiger charge is -2.44. The van der Waals surface area contributed by atoms with Crippen LogP contribution in [0.2, 0.25) is 0 Å². The Hall–Kier alpha value is -7.36. The number of rotatable bonds is 6. The van der Waals surface area contributed by atoms with Gasteiger partial charge < -0.3 is 9.80 Å². The molecular formula is C60H45BN2. The van der Waals surface area contributed by atoms with E-state index in [-0.39, 0.29) is 6.71 Å². The van der Waals surface area contributed by atoms with Crippen molar-refractivity contribution < 1.29 is 0 Å². The number of hydrogen-bond donors (Lipinski definition) is 0. The molecule has 0 N–H and O–H groups in total. The fourth-order valence-electron chi connectivity index (χ4n) is 11.3. The Labute approximate surface area is 370 Å². The van der Waals surface area contributed by atoms with Crippen molar-refractivity contribution in [1.29, 1.82) is 0 Å². The molecule has 0 saturated heterocycles. The van der Waals surface area contributed by atoms with Crippen LogP contribution in [-0.4, -0.2) is 6.71 Å². The van der Waals surface area contributed by atoms with Crippen molar-refractivity contribution >= 4 is 57.2 Å². The highest BCUT2D eigenvalue weighted by molar-refractivity contribution is 7.00. The normalized spacial score (nSPS) is 14.2. The Bertz CT molecular complexity index is 2900. The number of benzene rings is 9. The van der Waals surface area contributed by atoms with Crippen molar-refractivity contribution in [2.45, 2.75) is 38.5 Å². The van der Waals surface area contributed by atoms with Crippen molar-refractivity contribution in [3.63, 3.8) is 0 Å². The molecule has 0 spiro atoms. The van der Waals surface area contributed by atoms with E-state index in [2.05, 4.69) is 210 Å². The van der Waals surface area contributed by atoms with Crippen LogP contribution in [0.3, 0.4) is 0 Å². The minimum absolute atomic E-state index is 0.0994. The molecule has 9 aromatic rings. The van der Waals surface area contributed by atoms with Crippen molar-refractivity contribution in [1.82, 2.24) is 0 Å². The van der Waals surface area contributed by atoms with E-state index in [1.165, 1.54) is 130 Å². The molecule has 9 aromatic carbocycles. The van der Waals surface area contributed by atoms with Gasteiger partial charge in [-0.15, -0.1) is 0 Å². The molecule has 2 nitrogen and oxygen atoms in total. The van der Waals surface area contributed by atoms with Crippen molar-refractivity contribution in [2.75, 3.05) is 9.80 Å². The third kappa shape index (κ3) is 6.02. The van der Waals surface area contributed by atoms with Gasteiger partial charge in [-0.25, -0.2) is 0 Å². The first-order valence-corrected chi connectivity index (χ1v) is 22.8. The molecule has 0 fully saturated rings. The second-order valence-electron chi connectivity index (χ2n) is 17.9. The van der Waals surface area contributed by atoms with E-state index in [0.717, 1.165) is 25.7 Å². The first kappa shape index (κ1) is 36.3. The molecule has 0 aromatic heterocycles. The smallest absolute Gasteiger partial charge is 0.252 e. The van der Waals surface area contributed by atoms with Crippen LogP contribution >= 0.6 is 0 Å². The molecule has 0 atom stereocenters. The Morgan fingerprint density at radius 3 is 0.968 bits per heavy atom. The van der Waals surface area contributed by atoms with Gasteiger partial charge in [-0.05, 0) is 182 Å². The zero-order valence-corrected chi connectivity index (χ0v) is 35.3. The predicted molar refractivity (Wildman–Crippen MR) is 266 cm³/mol. The molecule has 2 heterocycles. The van der Waals surface area contributed by atoms with E-state index in [1.54, 1.807) is 0 Å². The monoisotopic (exact) mass is 804 g/mol. The Balaban J connectivity index is 1.10. The van der Waals surface area contributed by atoms with Gasteiger partial charge in [0.05, 0.1) is 0 Å². The van der Waals surface area contributed by atoms with Crippen molar-refractivity contribution in [3.8, 4) is 44.5 Å². The fraction of sp³-hybridized carbons (Fsp3) is 0.100. The van der Waals surface area contributed by atoms with Crippen molar-refractivity contribution in [3.05, 3.63) is 222 Å². The highest BCUT2D eigenvalue weighted by Gasteiger charge is 2.44. The van der Waals surface area contributed by atoms with Gasteiger partial charge in [0.1, 0.15) is 0 Å². The molecule has 4 aliphatic rings. The third-order valence-corrected chi connectivity index (χ3v) is 14.2. The van der Waals surface area contributed by atoms with E-state index in [0.29, 0.717) is 0 Å². The number of nitrogens with zero attached hydrogens (tertiary/aromatic N) is 2. The van der Waals surface area contributed by atoms with Crippen LogP contribution in [0.5, 0.6) is 0 Å². The van der Waals surface area contributed by atoms with Crippen LogP contribution < -0.4 is 26.2 Å². The summed E-state index contributed by atoms with van der Waals surface area (Å²) in [5, 5.41) is 0. The largest absolute Gasteiger partial charge is 0.311 e. The molecule has 0 amide bonds. The first-order chi connectivity index (χ1) is 31.2. The summed E-state index contributed by atoms with van der Waals surface area (Å²) < 4.78 is 0. The van der Waals surface area contributed by atoms with Crippen LogP contribution in [0.1, 0.15) is 35.1 Å². The molecule has 0 radical (unpaired) electrons. The van der Waals surface area contributed by atoms with Gasteiger partial charge in [0, 0.05) is 34.1 Å². The SMILES string of the molecule is c1ccc(-c2cc(-c3ccccc3)cc(N3c4cc5c(cc4B4c6cc7c(cc6N(c6cc(-c8ccccc8)cc(-c8ccccc8)c6)c6cccc3c64)CCC7)CCC5)c2)cc1. The standard InChI is InChI=1S/C60H45BN2/c1-5-16-40(17-6-1)48-30-49(41-18-7-2-8-19-41)33-52(32-48)62-56-28-15-29-57-60(56)61(54-36-44-24-13-26-46(44)38-58(54)62)55-37-45-25-14-27-47(45)39-59(55)63(57)53-34-50(42-20-9-3-10-21-42)31-51(35-53)43-22-11-4-12-23-43/h1-12,15-23,28-39H,13-14,24-27H2. The summed E-state index contributed by atoms with van der Waals surface area (Å²) in [6, 6.07) is 75.5. The quantitative estimate of drug-likeness (QED) is 0.155. The Morgan fingerprint density at radius 1 is 0.286 bits per heavy atom. The summed E-state index contributed by atoms with van der Waals surface area (Å²) in [5.41, 5.74) is 27.5. The summed E-state index contributed by atoms with van der Waals surface area (Å²) in [4.78, 5) is 5.24. The minimum Gasteiger partial charge on any atom is -0.311 e. The van der Waals surface area contributed by atoms with Gasteiger partial charge in [-0.1, -0.05) is 140 Å². The first-order valence-electron chi connectivity index (χ1n) is 22.8. The molecule has 2 aliphatic heterocycles. The second kappa shape index (κ2) is 14.6. The number of aryl methyl sites for hydroxylation is 4. The summed E-state index contributed by atoms with van der Waals surface area (Å²) >= 11 is 0. The maximum absolute atomic E-state index is 2.62. The minimum atomic E-state index is 0.0994. The van der Waals surface area contributed by atoms with Crippen LogP contribution in [0.15, 0.2) is 200 Å². The topological polar surface area (TPSA) is 6.48 Å². The highest BCUT2D eigenvalue weighted by Crippen LogP contribution is 2.48. The van der Waals surface area contributed by atoms with Gasteiger partial charge in [0.15, 0.2) is 0 Å². The number of anilines is 6. The number of hydrogen-bond acceptors (Lipinski definition) is 2. The van der Waals surface area contributed by atoms with Crippen LogP contribution in [0.4, 0.5) is 34.1 Å². The molecule has 13 rings (SSSR count). The van der Waals surface area contributed by atoms with Gasteiger partial charge >= 0.3 is 0 Å². The highest BCUT2D eigenvalue weighted by atomic mass is 15.2. The summed E-state index contributed by atoms with van der Waals surface area (Å²) in [5.74, 6) is 0. The average Bonchev–Trinajstić information content (AvgIpc) is 4.03. The lowest BCUT2D eigenvalue weighted by atomic mass is 9.33. The molecule has 63 heavy (non-hydrogen) atoms.